The van der Waals surface area contributed by atoms with E-state index >= 15 is 0 Å². The molecule has 10 heteroatoms. The smallest absolute Gasteiger partial charge is 0.406 e. The van der Waals surface area contributed by atoms with Gasteiger partial charge >= 0.3 is 6.36 Å². The standard InChI is InChI=1S/C14H15F3N2O4S/c1-2-24(21,22)19-7-6-10(9-19)13(20)18-11-4-3-5-12(8-11)23-14(15,16)17/h2-5,8,10H,1,6-7,9H2,(H,18,20)/t10-/m1/s1. The van der Waals surface area contributed by atoms with Crippen LogP contribution in [0.4, 0.5) is 18.9 Å². The van der Waals surface area contributed by atoms with Crippen molar-refractivity contribution >= 4 is 21.6 Å². The van der Waals surface area contributed by atoms with Crippen molar-refractivity contribution in [1.29, 1.82) is 0 Å². The van der Waals surface area contributed by atoms with Gasteiger partial charge in [-0.05, 0) is 18.6 Å². The molecule has 2 rings (SSSR count). The maximum atomic E-state index is 12.2. The molecule has 0 saturated carbocycles. The highest BCUT2D eigenvalue weighted by molar-refractivity contribution is 7.92. The maximum absolute atomic E-state index is 12.2. The van der Waals surface area contributed by atoms with Crippen molar-refractivity contribution in [3.05, 3.63) is 36.3 Å². The van der Waals surface area contributed by atoms with Gasteiger partial charge in [0.25, 0.3) is 0 Å². The average molecular weight is 364 g/mol. The SMILES string of the molecule is C=CS(=O)(=O)N1CC[C@@H](C(=O)Nc2cccc(OC(F)(F)F)c2)C1. The Morgan fingerprint density at radius 2 is 2.12 bits per heavy atom. The number of hydrogen-bond acceptors (Lipinski definition) is 4. The molecule has 0 bridgehead atoms. The molecule has 1 aliphatic heterocycles. The number of sulfonamides is 1. The van der Waals surface area contributed by atoms with Crippen molar-refractivity contribution in [3.63, 3.8) is 0 Å². The second kappa shape index (κ2) is 6.81. The summed E-state index contributed by atoms with van der Waals surface area (Å²) in [7, 11) is -3.59. The zero-order chi connectivity index (χ0) is 18.0. The summed E-state index contributed by atoms with van der Waals surface area (Å²) in [6.07, 6.45) is -4.51. The summed E-state index contributed by atoms with van der Waals surface area (Å²) in [4.78, 5) is 12.2. The minimum atomic E-state index is -4.83. The van der Waals surface area contributed by atoms with Crippen molar-refractivity contribution in [2.45, 2.75) is 12.8 Å². The molecule has 1 aromatic rings. The molecule has 0 unspecified atom stereocenters. The van der Waals surface area contributed by atoms with Gasteiger partial charge in [0.05, 0.1) is 5.92 Å². The third-order valence-corrected chi connectivity index (χ3v) is 4.90. The fraction of sp³-hybridized carbons (Fsp3) is 0.357. The van der Waals surface area contributed by atoms with E-state index in [4.69, 9.17) is 0 Å². The van der Waals surface area contributed by atoms with E-state index in [9.17, 15) is 26.4 Å². The minimum Gasteiger partial charge on any atom is -0.406 e. The predicted molar refractivity (Wildman–Crippen MR) is 80.6 cm³/mol. The van der Waals surface area contributed by atoms with E-state index in [2.05, 4.69) is 16.6 Å². The number of nitrogens with zero attached hydrogens (tertiary/aromatic N) is 1. The number of carbonyl (C=O) groups is 1. The third kappa shape index (κ3) is 4.71. The highest BCUT2D eigenvalue weighted by Crippen LogP contribution is 2.26. The van der Waals surface area contributed by atoms with E-state index in [1.807, 2.05) is 0 Å². The summed E-state index contributed by atoms with van der Waals surface area (Å²) in [5, 5.41) is 3.28. The number of anilines is 1. The minimum absolute atomic E-state index is 0.00106. The van der Waals surface area contributed by atoms with Crippen LogP contribution in [-0.2, 0) is 14.8 Å². The summed E-state index contributed by atoms with van der Waals surface area (Å²) in [6.45, 7) is 3.40. The van der Waals surface area contributed by atoms with Gasteiger partial charge in [0.2, 0.25) is 15.9 Å². The molecular weight excluding hydrogens is 349 g/mol. The lowest BCUT2D eigenvalue weighted by Gasteiger charge is -2.14. The number of nitrogens with one attached hydrogen (secondary N) is 1. The number of ether oxygens (including phenoxy) is 1. The van der Waals surface area contributed by atoms with Crippen molar-refractivity contribution in [3.8, 4) is 5.75 Å². The Balaban J connectivity index is 2.01. The van der Waals surface area contributed by atoms with E-state index in [1.165, 1.54) is 12.1 Å². The van der Waals surface area contributed by atoms with Gasteiger partial charge in [-0.25, -0.2) is 8.42 Å². The number of amides is 1. The molecule has 1 aliphatic rings. The Labute approximate surface area is 136 Å². The number of carbonyl (C=O) groups excluding carboxylic acids is 1. The lowest BCUT2D eigenvalue weighted by molar-refractivity contribution is -0.274. The number of halogens is 3. The topological polar surface area (TPSA) is 75.7 Å². The fourth-order valence-corrected chi connectivity index (χ4v) is 3.25. The molecular formula is C14H15F3N2O4S. The molecule has 6 nitrogen and oxygen atoms in total. The second-order valence-electron chi connectivity index (χ2n) is 5.12. The molecule has 0 aliphatic carbocycles. The van der Waals surface area contributed by atoms with Crippen LogP contribution in [0.1, 0.15) is 6.42 Å². The zero-order valence-corrected chi connectivity index (χ0v) is 13.2. The van der Waals surface area contributed by atoms with Crippen LogP contribution >= 0.6 is 0 Å². The molecule has 1 saturated heterocycles. The van der Waals surface area contributed by atoms with Gasteiger partial charge in [-0.15, -0.1) is 13.2 Å². The van der Waals surface area contributed by atoms with Gasteiger partial charge in [0.15, 0.2) is 0 Å². The van der Waals surface area contributed by atoms with E-state index in [-0.39, 0.29) is 18.8 Å². The molecule has 0 aromatic heterocycles. The Morgan fingerprint density at radius 1 is 1.42 bits per heavy atom. The Bertz CT molecular complexity index is 734. The molecule has 24 heavy (non-hydrogen) atoms. The van der Waals surface area contributed by atoms with Crippen LogP contribution in [-0.4, -0.2) is 38.1 Å². The monoisotopic (exact) mass is 364 g/mol. The van der Waals surface area contributed by atoms with E-state index in [0.717, 1.165) is 21.8 Å². The summed E-state index contributed by atoms with van der Waals surface area (Å²) in [6, 6.07) is 4.86. The summed E-state index contributed by atoms with van der Waals surface area (Å²) in [5.74, 6) is -1.52. The van der Waals surface area contributed by atoms with Crippen molar-refractivity contribution in [2.75, 3.05) is 18.4 Å². The Hall–Kier alpha value is -2.07. The molecule has 132 valence electrons. The molecule has 0 radical (unpaired) electrons. The van der Waals surface area contributed by atoms with Crippen LogP contribution in [0.2, 0.25) is 0 Å². The van der Waals surface area contributed by atoms with Crippen LogP contribution in [0.3, 0.4) is 0 Å². The van der Waals surface area contributed by atoms with E-state index in [1.54, 1.807) is 0 Å². The van der Waals surface area contributed by atoms with Gasteiger partial charge in [0.1, 0.15) is 5.75 Å². The van der Waals surface area contributed by atoms with Crippen LogP contribution in [0.15, 0.2) is 36.3 Å². The Kier molecular flexibility index (Phi) is 5.19. The fourth-order valence-electron chi connectivity index (χ4n) is 2.29. The first-order valence-corrected chi connectivity index (χ1v) is 8.40. The molecule has 1 fully saturated rings. The Morgan fingerprint density at radius 3 is 2.75 bits per heavy atom. The van der Waals surface area contributed by atoms with E-state index < -0.39 is 34.0 Å². The first-order chi connectivity index (χ1) is 11.1. The molecule has 0 spiro atoms. The van der Waals surface area contributed by atoms with E-state index in [0.29, 0.717) is 6.42 Å². The average Bonchev–Trinajstić information content (AvgIpc) is 2.96. The second-order valence-corrected chi connectivity index (χ2v) is 7.00. The molecule has 1 aromatic carbocycles. The number of hydrogen-bond donors (Lipinski definition) is 1. The number of rotatable bonds is 5. The molecule has 1 N–H and O–H groups in total. The zero-order valence-electron chi connectivity index (χ0n) is 12.4. The highest BCUT2D eigenvalue weighted by atomic mass is 32.2. The normalized spacial score (nSPS) is 19.0. The number of alkyl halides is 3. The van der Waals surface area contributed by atoms with Gasteiger partial charge < -0.3 is 10.1 Å². The summed E-state index contributed by atoms with van der Waals surface area (Å²) >= 11 is 0. The quantitative estimate of drug-likeness (QED) is 0.870. The highest BCUT2D eigenvalue weighted by Gasteiger charge is 2.34. The molecule has 1 heterocycles. The van der Waals surface area contributed by atoms with Crippen LogP contribution in [0.5, 0.6) is 5.75 Å². The lowest BCUT2D eigenvalue weighted by Crippen LogP contribution is -2.30. The first-order valence-electron chi connectivity index (χ1n) is 6.90. The molecule has 1 atom stereocenters. The lowest BCUT2D eigenvalue weighted by atomic mass is 10.1. The maximum Gasteiger partial charge on any atom is 0.573 e. The van der Waals surface area contributed by atoms with Crippen LogP contribution in [0, 0.1) is 5.92 Å². The van der Waals surface area contributed by atoms with Crippen LogP contribution in [0.25, 0.3) is 0 Å². The summed E-state index contributed by atoms with van der Waals surface area (Å²) < 4.78 is 64.8. The third-order valence-electron chi connectivity index (χ3n) is 3.43. The predicted octanol–water partition coefficient (Wildman–Crippen LogP) is 2.32. The van der Waals surface area contributed by atoms with Crippen molar-refractivity contribution in [1.82, 2.24) is 4.31 Å². The van der Waals surface area contributed by atoms with Crippen molar-refractivity contribution in [2.24, 2.45) is 5.92 Å². The van der Waals surface area contributed by atoms with Gasteiger partial charge in [-0.3, -0.25) is 4.79 Å². The molecule has 1 amide bonds. The van der Waals surface area contributed by atoms with Gasteiger partial charge in [-0.2, -0.15) is 4.31 Å². The van der Waals surface area contributed by atoms with Crippen LogP contribution < -0.4 is 10.1 Å². The first kappa shape index (κ1) is 18.3. The largest absolute Gasteiger partial charge is 0.573 e. The van der Waals surface area contributed by atoms with Crippen molar-refractivity contribution < 1.29 is 31.1 Å². The van der Waals surface area contributed by atoms with Gasteiger partial charge in [-0.1, -0.05) is 12.6 Å². The summed E-state index contributed by atoms with van der Waals surface area (Å²) in [5.41, 5.74) is 0.131. The van der Waals surface area contributed by atoms with Gasteiger partial charge in [0, 0.05) is 30.3 Å². The number of benzene rings is 1.